The second-order valence-electron chi connectivity index (χ2n) is 5.95. The van der Waals surface area contributed by atoms with Crippen LogP contribution < -0.4 is 0 Å². The standard InChI is InChI=1S/C15H23NO3/c1-10-6-7-12(15(2,3)8-13(17)18)14(19)11(10)9-16(4)5/h6-7,19H,8-9H2,1-5H3,(H,17,18). The van der Waals surface area contributed by atoms with Crippen LogP contribution in [-0.2, 0) is 16.8 Å². The van der Waals surface area contributed by atoms with Crippen LogP contribution in [0, 0.1) is 6.92 Å². The first-order valence-electron chi connectivity index (χ1n) is 6.33. The summed E-state index contributed by atoms with van der Waals surface area (Å²) in [6, 6.07) is 3.77. The fourth-order valence-corrected chi connectivity index (χ4v) is 2.27. The summed E-state index contributed by atoms with van der Waals surface area (Å²) in [6.07, 6.45) is -0.00890. The summed E-state index contributed by atoms with van der Waals surface area (Å²) >= 11 is 0. The SMILES string of the molecule is Cc1ccc(C(C)(C)CC(=O)O)c(O)c1CN(C)C. The van der Waals surface area contributed by atoms with Gasteiger partial charge in [0.25, 0.3) is 0 Å². The van der Waals surface area contributed by atoms with Gasteiger partial charge in [0.1, 0.15) is 5.75 Å². The molecule has 1 rings (SSSR count). The quantitative estimate of drug-likeness (QED) is 0.858. The lowest BCUT2D eigenvalue weighted by molar-refractivity contribution is -0.138. The maximum atomic E-state index is 10.9. The van der Waals surface area contributed by atoms with Crippen molar-refractivity contribution < 1.29 is 15.0 Å². The molecule has 0 saturated carbocycles. The van der Waals surface area contributed by atoms with Gasteiger partial charge in [-0.1, -0.05) is 26.0 Å². The van der Waals surface area contributed by atoms with Crippen LogP contribution in [0.1, 0.15) is 37.0 Å². The highest BCUT2D eigenvalue weighted by molar-refractivity contribution is 5.69. The molecular formula is C15H23NO3. The fraction of sp³-hybridized carbons (Fsp3) is 0.533. The maximum absolute atomic E-state index is 10.9. The molecule has 4 nitrogen and oxygen atoms in total. The van der Waals surface area contributed by atoms with Crippen molar-refractivity contribution >= 4 is 5.97 Å². The number of aryl methyl sites for hydroxylation is 1. The normalized spacial score (nSPS) is 11.9. The smallest absolute Gasteiger partial charge is 0.304 e. The Hall–Kier alpha value is -1.55. The largest absolute Gasteiger partial charge is 0.507 e. The lowest BCUT2D eigenvalue weighted by Crippen LogP contribution is -2.23. The molecule has 19 heavy (non-hydrogen) atoms. The van der Waals surface area contributed by atoms with Crippen LogP contribution >= 0.6 is 0 Å². The van der Waals surface area contributed by atoms with E-state index >= 15 is 0 Å². The summed E-state index contributed by atoms with van der Waals surface area (Å²) in [5.41, 5.74) is 1.98. The van der Waals surface area contributed by atoms with E-state index in [1.807, 2.05) is 51.9 Å². The molecule has 0 aliphatic rings. The Morgan fingerprint density at radius 1 is 1.32 bits per heavy atom. The van der Waals surface area contributed by atoms with Crippen molar-refractivity contribution in [2.75, 3.05) is 14.1 Å². The molecule has 1 aromatic rings. The molecule has 0 aromatic heterocycles. The van der Waals surface area contributed by atoms with Gasteiger partial charge in [-0.2, -0.15) is 0 Å². The number of carbonyl (C=O) groups is 1. The molecule has 0 heterocycles. The molecule has 0 aliphatic carbocycles. The summed E-state index contributed by atoms with van der Waals surface area (Å²) in [7, 11) is 3.88. The highest BCUT2D eigenvalue weighted by Gasteiger charge is 2.28. The molecule has 4 heteroatoms. The summed E-state index contributed by atoms with van der Waals surface area (Å²) < 4.78 is 0. The fourth-order valence-electron chi connectivity index (χ4n) is 2.27. The molecule has 106 valence electrons. The zero-order chi connectivity index (χ0) is 14.8. The zero-order valence-corrected chi connectivity index (χ0v) is 12.3. The van der Waals surface area contributed by atoms with Crippen LogP contribution in [0.4, 0.5) is 0 Å². The van der Waals surface area contributed by atoms with Crippen LogP contribution in [-0.4, -0.2) is 35.2 Å². The van der Waals surface area contributed by atoms with Crippen molar-refractivity contribution in [1.29, 1.82) is 0 Å². The Kier molecular flexibility index (Phi) is 4.58. The lowest BCUT2D eigenvalue weighted by Gasteiger charge is -2.26. The van der Waals surface area contributed by atoms with Gasteiger partial charge in [0.2, 0.25) is 0 Å². The van der Waals surface area contributed by atoms with Crippen LogP contribution in [0.2, 0.25) is 0 Å². The van der Waals surface area contributed by atoms with Gasteiger partial charge in [-0.3, -0.25) is 4.79 Å². The molecule has 0 aliphatic heterocycles. The van der Waals surface area contributed by atoms with Gasteiger partial charge < -0.3 is 15.1 Å². The van der Waals surface area contributed by atoms with E-state index in [-0.39, 0.29) is 12.2 Å². The number of carboxylic acids is 1. The molecule has 0 fully saturated rings. The Labute approximate surface area is 114 Å². The Balaban J connectivity index is 3.27. The predicted octanol–water partition coefficient (Wildman–Crippen LogP) is 2.51. The van der Waals surface area contributed by atoms with Gasteiger partial charge in [-0.05, 0) is 26.6 Å². The molecule has 0 unspecified atom stereocenters. The monoisotopic (exact) mass is 265 g/mol. The number of aromatic hydroxyl groups is 1. The van der Waals surface area contributed by atoms with E-state index in [4.69, 9.17) is 5.11 Å². The van der Waals surface area contributed by atoms with Gasteiger partial charge in [0.05, 0.1) is 6.42 Å². The minimum absolute atomic E-state index is 0.00890. The first-order valence-corrected chi connectivity index (χ1v) is 6.33. The maximum Gasteiger partial charge on any atom is 0.304 e. The number of rotatable bonds is 5. The van der Waals surface area contributed by atoms with E-state index in [2.05, 4.69) is 0 Å². The van der Waals surface area contributed by atoms with Crippen molar-refractivity contribution in [2.24, 2.45) is 0 Å². The van der Waals surface area contributed by atoms with Gasteiger partial charge in [0, 0.05) is 23.1 Å². The molecule has 2 N–H and O–H groups in total. The molecule has 1 aromatic carbocycles. The third-order valence-corrected chi connectivity index (χ3v) is 3.31. The van der Waals surface area contributed by atoms with Crippen LogP contribution in [0.15, 0.2) is 12.1 Å². The average Bonchev–Trinajstić information content (AvgIpc) is 2.21. The van der Waals surface area contributed by atoms with E-state index in [9.17, 15) is 9.90 Å². The summed E-state index contributed by atoms with van der Waals surface area (Å²) in [5.74, 6) is -0.640. The minimum Gasteiger partial charge on any atom is -0.507 e. The number of carboxylic acid groups (broad SMARTS) is 1. The Morgan fingerprint density at radius 2 is 1.89 bits per heavy atom. The van der Waals surface area contributed by atoms with Gasteiger partial charge in [-0.25, -0.2) is 0 Å². The number of hydrogen-bond acceptors (Lipinski definition) is 3. The molecule has 0 radical (unpaired) electrons. The molecule has 0 bridgehead atoms. The second kappa shape index (κ2) is 5.61. The van der Waals surface area contributed by atoms with Crippen molar-refractivity contribution in [2.45, 2.75) is 39.2 Å². The number of phenolic OH excluding ortho intramolecular Hbond substituents is 1. The third-order valence-electron chi connectivity index (χ3n) is 3.31. The molecule has 0 spiro atoms. The summed E-state index contributed by atoms with van der Waals surface area (Å²) in [5, 5.41) is 19.4. The Morgan fingerprint density at radius 3 is 2.37 bits per heavy atom. The van der Waals surface area contributed by atoms with Gasteiger partial charge in [-0.15, -0.1) is 0 Å². The van der Waals surface area contributed by atoms with Crippen LogP contribution in [0.5, 0.6) is 5.75 Å². The first kappa shape index (κ1) is 15.5. The number of aliphatic carboxylic acids is 1. The molecular weight excluding hydrogens is 242 g/mol. The second-order valence-corrected chi connectivity index (χ2v) is 5.95. The van der Waals surface area contributed by atoms with Crippen LogP contribution in [0.25, 0.3) is 0 Å². The molecule has 0 atom stereocenters. The van der Waals surface area contributed by atoms with Crippen molar-refractivity contribution in [3.05, 3.63) is 28.8 Å². The van der Waals surface area contributed by atoms with Crippen LogP contribution in [0.3, 0.4) is 0 Å². The Bertz CT molecular complexity index is 479. The zero-order valence-electron chi connectivity index (χ0n) is 12.3. The van der Waals surface area contributed by atoms with E-state index in [0.29, 0.717) is 12.1 Å². The highest BCUT2D eigenvalue weighted by atomic mass is 16.4. The van der Waals surface area contributed by atoms with Gasteiger partial charge in [0.15, 0.2) is 0 Å². The predicted molar refractivity (Wildman–Crippen MR) is 75.5 cm³/mol. The number of hydrogen-bond donors (Lipinski definition) is 2. The van der Waals surface area contributed by atoms with Crippen molar-refractivity contribution in [3.63, 3.8) is 0 Å². The number of phenols is 1. The van der Waals surface area contributed by atoms with E-state index < -0.39 is 11.4 Å². The first-order chi connectivity index (χ1) is 8.65. The number of benzene rings is 1. The minimum atomic E-state index is -0.862. The number of nitrogens with zero attached hydrogens (tertiary/aromatic N) is 1. The molecule has 0 amide bonds. The third kappa shape index (κ3) is 3.70. The van der Waals surface area contributed by atoms with E-state index in [1.54, 1.807) is 0 Å². The van der Waals surface area contributed by atoms with Crippen molar-refractivity contribution in [3.8, 4) is 5.75 Å². The molecule has 0 saturated heterocycles. The summed E-state index contributed by atoms with van der Waals surface area (Å²) in [6.45, 7) is 6.26. The van der Waals surface area contributed by atoms with Crippen molar-refractivity contribution in [1.82, 2.24) is 4.90 Å². The topological polar surface area (TPSA) is 60.8 Å². The average molecular weight is 265 g/mol. The van der Waals surface area contributed by atoms with E-state index in [0.717, 1.165) is 11.1 Å². The van der Waals surface area contributed by atoms with Gasteiger partial charge >= 0.3 is 5.97 Å². The lowest BCUT2D eigenvalue weighted by atomic mass is 9.79. The van der Waals surface area contributed by atoms with E-state index in [1.165, 1.54) is 0 Å². The summed E-state index contributed by atoms with van der Waals surface area (Å²) in [4.78, 5) is 12.9. The highest BCUT2D eigenvalue weighted by Crippen LogP contribution is 2.37.